The summed E-state index contributed by atoms with van der Waals surface area (Å²) in [5, 5.41) is 3.13. The minimum absolute atomic E-state index is 0.0792. The van der Waals surface area contributed by atoms with Gasteiger partial charge < -0.3 is 19.6 Å². The van der Waals surface area contributed by atoms with Crippen LogP contribution in [0.4, 0.5) is 0 Å². The molecular weight excluding hydrogens is 414 g/mol. The number of carbonyl (C=O) groups excluding carboxylic acids is 2. The van der Waals surface area contributed by atoms with E-state index in [1.807, 2.05) is 66.7 Å². The zero-order chi connectivity index (χ0) is 23.0. The number of benzene rings is 3. The van der Waals surface area contributed by atoms with Crippen molar-refractivity contribution in [2.24, 2.45) is 0 Å². The van der Waals surface area contributed by atoms with Crippen molar-refractivity contribution in [3.05, 3.63) is 95.1 Å². The molecule has 170 valence electrons. The van der Waals surface area contributed by atoms with Crippen LogP contribution in [0.2, 0.25) is 0 Å². The zero-order valence-electron chi connectivity index (χ0n) is 18.9. The van der Waals surface area contributed by atoms with E-state index in [1.165, 1.54) is 5.56 Å². The first-order valence-electron chi connectivity index (χ1n) is 11.4. The fraction of sp³-hybridized carbons (Fsp3) is 0.286. The Morgan fingerprint density at radius 2 is 1.79 bits per heavy atom. The van der Waals surface area contributed by atoms with Crippen molar-refractivity contribution in [1.29, 1.82) is 0 Å². The summed E-state index contributed by atoms with van der Waals surface area (Å²) in [6.45, 7) is 2.27. The molecule has 0 spiro atoms. The van der Waals surface area contributed by atoms with E-state index in [-0.39, 0.29) is 24.3 Å². The number of hydrogen-bond donors (Lipinski definition) is 1. The van der Waals surface area contributed by atoms with E-state index in [4.69, 9.17) is 9.47 Å². The lowest BCUT2D eigenvalue weighted by Crippen LogP contribution is -2.33. The minimum atomic E-state index is -0.275. The molecule has 0 saturated carbocycles. The summed E-state index contributed by atoms with van der Waals surface area (Å²) in [7, 11) is 0. The van der Waals surface area contributed by atoms with Crippen molar-refractivity contribution in [2.75, 3.05) is 13.2 Å². The Morgan fingerprint density at radius 3 is 2.55 bits per heavy atom. The molecule has 1 aliphatic heterocycles. The number of hydrogen-bond acceptors (Lipinski definition) is 4. The highest BCUT2D eigenvalue weighted by Crippen LogP contribution is 2.30. The Morgan fingerprint density at radius 1 is 1.00 bits per heavy atom. The second kappa shape index (κ2) is 10.8. The van der Waals surface area contributed by atoms with Crippen molar-refractivity contribution in [1.82, 2.24) is 5.32 Å². The molecule has 0 aromatic heterocycles. The predicted molar refractivity (Wildman–Crippen MR) is 128 cm³/mol. The molecule has 4 rings (SSSR count). The maximum Gasteiger partial charge on any atom is 0.258 e. The zero-order valence-corrected chi connectivity index (χ0v) is 18.9. The van der Waals surface area contributed by atoms with E-state index >= 15 is 0 Å². The van der Waals surface area contributed by atoms with Crippen molar-refractivity contribution in [2.45, 2.75) is 38.6 Å². The highest BCUT2D eigenvalue weighted by molar-refractivity contribution is 5.78. The standard InChI is InChI=1S/C28H29NO4/c1-20(30)9-10-21-11-14-25(15-12-21)33-19-27(31)29-28(22-6-3-2-4-7-22)24-13-16-26-23(18-24)8-5-17-32-26/h2-4,6-7,11-16,18,28H,5,8-10,17,19H2,1H3,(H,29,31). The summed E-state index contributed by atoms with van der Waals surface area (Å²) in [6.07, 6.45) is 3.21. The number of Topliss-reactive ketones (excluding diaryl/α,β-unsaturated/α-hetero) is 1. The minimum Gasteiger partial charge on any atom is -0.493 e. The first kappa shape index (κ1) is 22.6. The van der Waals surface area contributed by atoms with E-state index in [1.54, 1.807) is 6.92 Å². The van der Waals surface area contributed by atoms with Crippen LogP contribution in [-0.2, 0) is 22.4 Å². The van der Waals surface area contributed by atoms with Gasteiger partial charge >= 0.3 is 0 Å². The van der Waals surface area contributed by atoms with Crippen molar-refractivity contribution >= 4 is 11.7 Å². The first-order valence-corrected chi connectivity index (χ1v) is 11.4. The number of ketones is 1. The van der Waals surface area contributed by atoms with Gasteiger partial charge in [-0.2, -0.15) is 0 Å². The van der Waals surface area contributed by atoms with Gasteiger partial charge in [-0.1, -0.05) is 48.5 Å². The van der Waals surface area contributed by atoms with E-state index < -0.39 is 0 Å². The molecular formula is C28H29NO4. The molecule has 1 aliphatic rings. The van der Waals surface area contributed by atoms with Crippen LogP contribution in [0.25, 0.3) is 0 Å². The van der Waals surface area contributed by atoms with Gasteiger partial charge in [0.05, 0.1) is 12.6 Å². The Labute approximate surface area is 194 Å². The summed E-state index contributed by atoms with van der Waals surface area (Å²) in [5.74, 6) is 1.53. The summed E-state index contributed by atoms with van der Waals surface area (Å²) in [6, 6.07) is 23.3. The quantitative estimate of drug-likeness (QED) is 0.515. The summed E-state index contributed by atoms with van der Waals surface area (Å²) >= 11 is 0. The summed E-state index contributed by atoms with van der Waals surface area (Å²) < 4.78 is 11.5. The van der Waals surface area contributed by atoms with Crippen LogP contribution < -0.4 is 14.8 Å². The third kappa shape index (κ3) is 6.22. The molecule has 0 bridgehead atoms. The maximum atomic E-state index is 12.8. The average molecular weight is 444 g/mol. The smallest absolute Gasteiger partial charge is 0.258 e. The SMILES string of the molecule is CC(=O)CCc1ccc(OCC(=O)NC(c2ccccc2)c2ccc3c(c2)CCCO3)cc1. The fourth-order valence-electron chi connectivity index (χ4n) is 3.99. The van der Waals surface area contributed by atoms with Crippen molar-refractivity contribution in [3.63, 3.8) is 0 Å². The van der Waals surface area contributed by atoms with Gasteiger partial charge in [-0.25, -0.2) is 0 Å². The molecule has 1 amide bonds. The predicted octanol–water partition coefficient (Wildman–Crippen LogP) is 4.82. The van der Waals surface area contributed by atoms with E-state index in [2.05, 4.69) is 11.4 Å². The summed E-state index contributed by atoms with van der Waals surface area (Å²) in [4.78, 5) is 24.0. The van der Waals surface area contributed by atoms with Crippen molar-refractivity contribution in [3.8, 4) is 11.5 Å². The molecule has 1 N–H and O–H groups in total. The van der Waals surface area contributed by atoms with Crippen molar-refractivity contribution < 1.29 is 19.1 Å². The van der Waals surface area contributed by atoms with Crippen LogP contribution in [0.1, 0.15) is 48.1 Å². The number of aryl methyl sites for hydroxylation is 2. The third-order valence-electron chi connectivity index (χ3n) is 5.76. The van der Waals surface area contributed by atoms with Gasteiger partial charge in [-0.15, -0.1) is 0 Å². The van der Waals surface area contributed by atoms with Gasteiger partial charge in [0.15, 0.2) is 6.61 Å². The molecule has 0 saturated heterocycles. The molecule has 0 aliphatic carbocycles. The molecule has 33 heavy (non-hydrogen) atoms. The van der Waals surface area contributed by atoms with Crippen LogP contribution in [0.3, 0.4) is 0 Å². The Balaban J connectivity index is 1.42. The molecule has 5 heteroatoms. The Bertz CT molecular complexity index is 1090. The molecule has 1 atom stereocenters. The second-order valence-electron chi connectivity index (χ2n) is 8.37. The van der Waals surface area contributed by atoms with Crippen LogP contribution in [0.5, 0.6) is 11.5 Å². The highest BCUT2D eigenvalue weighted by atomic mass is 16.5. The highest BCUT2D eigenvalue weighted by Gasteiger charge is 2.20. The fourth-order valence-corrected chi connectivity index (χ4v) is 3.99. The van der Waals surface area contributed by atoms with Gasteiger partial charge in [0.2, 0.25) is 0 Å². The molecule has 3 aromatic carbocycles. The maximum absolute atomic E-state index is 12.8. The Kier molecular flexibility index (Phi) is 7.40. The molecule has 0 radical (unpaired) electrons. The molecule has 3 aromatic rings. The number of rotatable bonds is 9. The van der Waals surface area contributed by atoms with Gasteiger partial charge in [0.25, 0.3) is 5.91 Å². The number of fused-ring (bicyclic) bond motifs is 1. The number of ether oxygens (including phenoxy) is 2. The topological polar surface area (TPSA) is 64.6 Å². The molecule has 0 fully saturated rings. The normalized spacial score (nSPS) is 13.4. The number of nitrogens with one attached hydrogen (secondary N) is 1. The lowest BCUT2D eigenvalue weighted by atomic mass is 9.95. The number of amides is 1. The molecule has 1 heterocycles. The van der Waals surface area contributed by atoms with Gasteiger partial charge in [0.1, 0.15) is 17.3 Å². The van der Waals surface area contributed by atoms with Gasteiger partial charge in [0, 0.05) is 6.42 Å². The lowest BCUT2D eigenvalue weighted by molar-refractivity contribution is -0.123. The van der Waals surface area contributed by atoms with E-state index in [9.17, 15) is 9.59 Å². The van der Waals surface area contributed by atoms with Crippen LogP contribution in [-0.4, -0.2) is 24.9 Å². The van der Waals surface area contributed by atoms with E-state index in [0.717, 1.165) is 41.9 Å². The summed E-state index contributed by atoms with van der Waals surface area (Å²) in [5.41, 5.74) is 4.28. The van der Waals surface area contributed by atoms with Gasteiger partial charge in [-0.05, 0) is 72.7 Å². The van der Waals surface area contributed by atoms with Crippen LogP contribution in [0.15, 0.2) is 72.8 Å². The average Bonchev–Trinajstić information content (AvgIpc) is 2.85. The Hall–Kier alpha value is -3.60. The van der Waals surface area contributed by atoms with Crippen LogP contribution in [0, 0.1) is 0 Å². The first-order chi connectivity index (χ1) is 16.1. The largest absolute Gasteiger partial charge is 0.493 e. The lowest BCUT2D eigenvalue weighted by Gasteiger charge is -2.23. The molecule has 1 unspecified atom stereocenters. The number of carbonyl (C=O) groups is 2. The second-order valence-corrected chi connectivity index (χ2v) is 8.37. The third-order valence-corrected chi connectivity index (χ3v) is 5.76. The van der Waals surface area contributed by atoms with Crippen LogP contribution >= 0.6 is 0 Å². The van der Waals surface area contributed by atoms with Gasteiger partial charge in [-0.3, -0.25) is 4.79 Å². The van der Waals surface area contributed by atoms with E-state index in [0.29, 0.717) is 18.6 Å². The molecule has 5 nitrogen and oxygen atoms in total. The monoisotopic (exact) mass is 443 g/mol.